The number of carbonyl (C=O) groups is 2. The molecule has 8 heteroatoms. The predicted molar refractivity (Wildman–Crippen MR) is 135 cm³/mol. The second-order valence-electron chi connectivity index (χ2n) is 9.95. The van der Waals surface area contributed by atoms with E-state index in [1.807, 2.05) is 23.6 Å². The number of nitrogens with zero attached hydrogens (tertiary/aromatic N) is 2. The number of amides is 2. The zero-order valence-electron chi connectivity index (χ0n) is 21.0. The molecule has 1 saturated carbocycles. The maximum Gasteiger partial charge on any atom is 0.271 e. The first-order chi connectivity index (χ1) is 17.4. The van der Waals surface area contributed by atoms with Crippen LogP contribution in [0.25, 0.3) is 10.9 Å². The average Bonchev–Trinajstić information content (AvgIpc) is 3.27. The first-order valence-electron chi connectivity index (χ1n) is 12.5. The quantitative estimate of drug-likeness (QED) is 0.542. The molecule has 190 valence electrons. The fraction of sp³-hybridized carbons (Fsp3) is 0.429. The third-order valence-electron chi connectivity index (χ3n) is 7.63. The van der Waals surface area contributed by atoms with E-state index >= 15 is 0 Å². The monoisotopic (exact) mass is 493 g/mol. The second-order valence-corrected chi connectivity index (χ2v) is 9.95. The summed E-state index contributed by atoms with van der Waals surface area (Å²) in [7, 11) is 3.17. The molecule has 0 radical (unpaired) electrons. The fourth-order valence-electron chi connectivity index (χ4n) is 5.56. The Bertz CT molecular complexity index is 1300. The van der Waals surface area contributed by atoms with Gasteiger partial charge in [-0.25, -0.2) is 4.39 Å². The maximum atomic E-state index is 14.0. The molecule has 1 aromatic heterocycles. The van der Waals surface area contributed by atoms with E-state index < -0.39 is 5.54 Å². The number of nitrogens with one attached hydrogen (secondary N) is 1. The number of ether oxygens (including phenoxy) is 2. The molecule has 1 aliphatic carbocycles. The van der Waals surface area contributed by atoms with Gasteiger partial charge in [0, 0.05) is 18.0 Å². The van der Waals surface area contributed by atoms with Gasteiger partial charge in [-0.15, -0.1) is 0 Å². The number of hydrogen-bond donors (Lipinski definition) is 1. The molecule has 36 heavy (non-hydrogen) atoms. The number of rotatable bonds is 6. The van der Waals surface area contributed by atoms with Crippen molar-refractivity contribution in [1.29, 1.82) is 0 Å². The van der Waals surface area contributed by atoms with Crippen molar-refractivity contribution in [2.45, 2.75) is 63.7 Å². The standard InChI is InChI=1S/C28H32FN3O4/c1-28(27(34)30-20-7-5-4-6-8-20)17-31-22(15-21-23(35-2)13-14-24(36-3)25(21)31)26(33)32(28)16-18-9-11-19(29)12-10-18/h9-15,20H,4-8,16-17H2,1-3H3,(H,30,34). The first kappa shape index (κ1) is 24.2. The molecule has 2 amide bonds. The Hall–Kier alpha value is -3.55. The lowest BCUT2D eigenvalue weighted by atomic mass is 9.91. The number of carbonyl (C=O) groups excluding carboxylic acids is 2. The van der Waals surface area contributed by atoms with Crippen LogP contribution in [-0.4, -0.2) is 47.1 Å². The molecule has 7 nitrogen and oxygen atoms in total. The number of aromatic nitrogens is 1. The van der Waals surface area contributed by atoms with Gasteiger partial charge >= 0.3 is 0 Å². The van der Waals surface area contributed by atoms with Crippen LogP contribution >= 0.6 is 0 Å². The smallest absolute Gasteiger partial charge is 0.271 e. The lowest BCUT2D eigenvalue weighted by Gasteiger charge is -2.45. The molecule has 1 aliphatic heterocycles. The molecule has 1 N–H and O–H groups in total. The molecule has 0 bridgehead atoms. The van der Waals surface area contributed by atoms with E-state index in [0.29, 0.717) is 17.2 Å². The highest BCUT2D eigenvalue weighted by atomic mass is 19.1. The predicted octanol–water partition coefficient (Wildman–Crippen LogP) is 4.66. The van der Waals surface area contributed by atoms with Crippen molar-refractivity contribution in [2.75, 3.05) is 14.2 Å². The van der Waals surface area contributed by atoms with Crippen LogP contribution < -0.4 is 14.8 Å². The van der Waals surface area contributed by atoms with Gasteiger partial charge in [0.2, 0.25) is 5.91 Å². The molecule has 1 unspecified atom stereocenters. The number of hydrogen-bond acceptors (Lipinski definition) is 4. The van der Waals surface area contributed by atoms with E-state index in [1.165, 1.54) is 18.6 Å². The highest BCUT2D eigenvalue weighted by Gasteiger charge is 2.48. The summed E-state index contributed by atoms with van der Waals surface area (Å²) in [4.78, 5) is 29.6. The van der Waals surface area contributed by atoms with Crippen LogP contribution in [0.4, 0.5) is 4.39 Å². The summed E-state index contributed by atoms with van der Waals surface area (Å²) in [5.41, 5.74) is 0.757. The molecule has 0 spiro atoms. The van der Waals surface area contributed by atoms with E-state index in [4.69, 9.17) is 9.47 Å². The van der Waals surface area contributed by atoms with Crippen molar-refractivity contribution in [3.8, 4) is 11.5 Å². The molecule has 2 aliphatic rings. The van der Waals surface area contributed by atoms with Crippen molar-refractivity contribution < 1.29 is 23.5 Å². The molecular formula is C28H32FN3O4. The molecule has 3 aromatic rings. The molecule has 0 saturated heterocycles. The number of benzene rings is 2. The van der Waals surface area contributed by atoms with Crippen molar-refractivity contribution in [1.82, 2.24) is 14.8 Å². The summed E-state index contributed by atoms with van der Waals surface area (Å²) >= 11 is 0. The topological polar surface area (TPSA) is 72.8 Å². The van der Waals surface area contributed by atoms with E-state index in [9.17, 15) is 14.0 Å². The fourth-order valence-corrected chi connectivity index (χ4v) is 5.56. The minimum atomic E-state index is -1.17. The summed E-state index contributed by atoms with van der Waals surface area (Å²) in [6, 6.07) is 11.6. The first-order valence-corrected chi connectivity index (χ1v) is 12.5. The van der Waals surface area contributed by atoms with Gasteiger partial charge in [0.05, 0.1) is 26.3 Å². The Morgan fingerprint density at radius 1 is 1.06 bits per heavy atom. The summed E-state index contributed by atoms with van der Waals surface area (Å²) in [6.07, 6.45) is 5.23. The highest BCUT2D eigenvalue weighted by molar-refractivity contribution is 6.05. The molecule has 2 aromatic carbocycles. The Kier molecular flexibility index (Phi) is 6.36. The van der Waals surface area contributed by atoms with E-state index in [0.717, 1.165) is 42.1 Å². The van der Waals surface area contributed by atoms with Gasteiger partial charge in [-0.05, 0) is 55.7 Å². The molecule has 1 atom stereocenters. The Labute approximate surface area is 210 Å². The van der Waals surface area contributed by atoms with E-state index in [-0.39, 0.29) is 36.8 Å². The largest absolute Gasteiger partial charge is 0.496 e. The van der Waals surface area contributed by atoms with Crippen LogP contribution in [0, 0.1) is 5.82 Å². The van der Waals surface area contributed by atoms with E-state index in [2.05, 4.69) is 5.32 Å². The highest BCUT2D eigenvalue weighted by Crippen LogP contribution is 2.40. The number of fused-ring (bicyclic) bond motifs is 3. The average molecular weight is 494 g/mol. The van der Waals surface area contributed by atoms with Crippen LogP contribution in [0.1, 0.15) is 55.1 Å². The Balaban J connectivity index is 1.61. The van der Waals surface area contributed by atoms with Gasteiger partial charge in [0.1, 0.15) is 28.5 Å². The lowest BCUT2D eigenvalue weighted by molar-refractivity contribution is -0.134. The third kappa shape index (κ3) is 4.08. The lowest BCUT2D eigenvalue weighted by Crippen LogP contribution is -2.64. The van der Waals surface area contributed by atoms with Crippen molar-refractivity contribution in [3.63, 3.8) is 0 Å². The zero-order chi connectivity index (χ0) is 25.4. The molecule has 2 heterocycles. The maximum absolute atomic E-state index is 14.0. The van der Waals surface area contributed by atoms with Crippen LogP contribution in [0.5, 0.6) is 11.5 Å². The molecule has 1 fully saturated rings. The van der Waals surface area contributed by atoms with Crippen molar-refractivity contribution in [3.05, 3.63) is 59.5 Å². The van der Waals surface area contributed by atoms with Crippen LogP contribution in [0.3, 0.4) is 0 Å². The van der Waals surface area contributed by atoms with Crippen LogP contribution in [0.2, 0.25) is 0 Å². The minimum absolute atomic E-state index is 0.100. The summed E-state index contributed by atoms with van der Waals surface area (Å²) in [5, 5.41) is 3.98. The van der Waals surface area contributed by atoms with E-state index in [1.54, 1.807) is 37.3 Å². The van der Waals surface area contributed by atoms with Gasteiger partial charge in [0.25, 0.3) is 5.91 Å². The molecule has 5 rings (SSSR count). The van der Waals surface area contributed by atoms with Gasteiger partial charge in [0.15, 0.2) is 0 Å². The van der Waals surface area contributed by atoms with Crippen LogP contribution in [-0.2, 0) is 17.9 Å². The van der Waals surface area contributed by atoms with Crippen LogP contribution in [0.15, 0.2) is 42.5 Å². The number of halogens is 1. The zero-order valence-corrected chi connectivity index (χ0v) is 21.0. The Morgan fingerprint density at radius 2 is 1.72 bits per heavy atom. The number of methoxy groups -OCH3 is 2. The van der Waals surface area contributed by atoms with Gasteiger partial charge < -0.3 is 24.3 Å². The summed E-state index contributed by atoms with van der Waals surface area (Å²) in [6.45, 7) is 2.25. The SMILES string of the molecule is COc1ccc(OC)c2c1cc1n2CC(C)(C(=O)NC2CCCCC2)N(Cc2ccc(F)cc2)C1=O. The third-order valence-corrected chi connectivity index (χ3v) is 7.63. The second kappa shape index (κ2) is 9.48. The minimum Gasteiger partial charge on any atom is -0.496 e. The summed E-state index contributed by atoms with van der Waals surface area (Å²) in [5.74, 6) is 0.429. The van der Waals surface area contributed by atoms with Gasteiger partial charge in [-0.2, -0.15) is 0 Å². The molecular weight excluding hydrogens is 461 g/mol. The summed E-state index contributed by atoms with van der Waals surface area (Å²) < 4.78 is 26.6. The Morgan fingerprint density at radius 3 is 2.39 bits per heavy atom. The van der Waals surface area contributed by atoms with Crippen molar-refractivity contribution >= 4 is 22.7 Å². The van der Waals surface area contributed by atoms with Crippen molar-refractivity contribution in [2.24, 2.45) is 0 Å². The van der Waals surface area contributed by atoms with Gasteiger partial charge in [-0.3, -0.25) is 9.59 Å². The normalized spacial score (nSPS) is 20.3. The van der Waals surface area contributed by atoms with Gasteiger partial charge in [-0.1, -0.05) is 31.4 Å².